The lowest BCUT2D eigenvalue weighted by Gasteiger charge is -2.18. The van der Waals surface area contributed by atoms with Crippen molar-refractivity contribution in [1.82, 2.24) is 0 Å². The van der Waals surface area contributed by atoms with E-state index in [-0.39, 0.29) is 5.63 Å². The summed E-state index contributed by atoms with van der Waals surface area (Å²) in [6, 6.07) is 19.5. The maximum Gasteiger partial charge on any atom is 0.336 e. The van der Waals surface area contributed by atoms with Crippen LogP contribution in [0.1, 0.15) is 5.56 Å². The normalized spacial score (nSPS) is 13.2. The molecule has 2 heterocycles. The van der Waals surface area contributed by atoms with Crippen LogP contribution in [0.5, 0.6) is 11.5 Å². The minimum Gasteiger partial charge on any atom is -0.486 e. The summed E-state index contributed by atoms with van der Waals surface area (Å²) in [4.78, 5) is 13.1. The van der Waals surface area contributed by atoms with E-state index in [4.69, 9.17) is 13.9 Å². The number of thioether (sulfide) groups is 1. The molecule has 0 aliphatic carbocycles. The Bertz CT molecular complexity index is 1210. The molecule has 5 rings (SSSR count). The third kappa shape index (κ3) is 3.04. The van der Waals surface area contributed by atoms with E-state index in [1.807, 2.05) is 42.5 Å². The van der Waals surface area contributed by atoms with Crippen LogP contribution in [0, 0.1) is 0 Å². The summed E-state index contributed by atoms with van der Waals surface area (Å²) in [5, 5.41) is 3.22. The van der Waals surface area contributed by atoms with Gasteiger partial charge < -0.3 is 13.9 Å². The van der Waals surface area contributed by atoms with Crippen LogP contribution in [0.15, 0.2) is 74.8 Å². The van der Waals surface area contributed by atoms with E-state index in [0.29, 0.717) is 24.5 Å². The predicted molar refractivity (Wildman–Crippen MR) is 107 cm³/mol. The third-order valence-electron chi connectivity index (χ3n) is 4.62. The number of benzene rings is 3. The van der Waals surface area contributed by atoms with Crippen LogP contribution in [0.2, 0.25) is 0 Å². The van der Waals surface area contributed by atoms with Crippen LogP contribution in [0.3, 0.4) is 0 Å². The van der Waals surface area contributed by atoms with Crippen molar-refractivity contribution in [2.75, 3.05) is 13.2 Å². The number of ether oxygens (including phenoxy) is 2. The summed E-state index contributed by atoms with van der Waals surface area (Å²) in [7, 11) is 0. The fourth-order valence-electron chi connectivity index (χ4n) is 3.41. The number of fused-ring (bicyclic) bond motifs is 4. The molecule has 4 aromatic rings. The molecule has 0 amide bonds. The van der Waals surface area contributed by atoms with Crippen molar-refractivity contribution in [3.05, 3.63) is 76.6 Å². The van der Waals surface area contributed by atoms with E-state index in [2.05, 4.69) is 12.1 Å². The smallest absolute Gasteiger partial charge is 0.336 e. The zero-order valence-electron chi connectivity index (χ0n) is 14.4. The van der Waals surface area contributed by atoms with E-state index < -0.39 is 0 Å². The molecule has 1 aliphatic heterocycles. The first-order valence-corrected chi connectivity index (χ1v) is 9.73. The second kappa shape index (κ2) is 6.67. The highest BCUT2D eigenvalue weighted by atomic mass is 32.2. The second-order valence-corrected chi connectivity index (χ2v) is 7.39. The zero-order chi connectivity index (χ0) is 18.2. The average Bonchev–Trinajstić information content (AvgIpc) is 2.71. The van der Waals surface area contributed by atoms with Crippen LogP contribution >= 0.6 is 11.8 Å². The van der Waals surface area contributed by atoms with Gasteiger partial charge >= 0.3 is 5.63 Å². The summed E-state index contributed by atoms with van der Waals surface area (Å²) in [6.45, 7) is 1.15. The highest BCUT2D eigenvalue weighted by Crippen LogP contribution is 2.36. The van der Waals surface area contributed by atoms with Crippen molar-refractivity contribution in [1.29, 1.82) is 0 Å². The largest absolute Gasteiger partial charge is 0.486 e. The molecule has 27 heavy (non-hydrogen) atoms. The highest BCUT2D eigenvalue weighted by molar-refractivity contribution is 7.98. The van der Waals surface area contributed by atoms with E-state index in [9.17, 15) is 4.79 Å². The van der Waals surface area contributed by atoms with Crippen molar-refractivity contribution in [2.24, 2.45) is 0 Å². The van der Waals surface area contributed by atoms with Crippen LogP contribution in [0.25, 0.3) is 21.7 Å². The Balaban J connectivity index is 1.55. The van der Waals surface area contributed by atoms with Gasteiger partial charge in [-0.25, -0.2) is 4.79 Å². The van der Waals surface area contributed by atoms with E-state index in [0.717, 1.165) is 38.1 Å². The summed E-state index contributed by atoms with van der Waals surface area (Å²) >= 11 is 1.66. The molecule has 0 atom stereocenters. The number of hydrogen-bond acceptors (Lipinski definition) is 5. The molecular formula is C22H16O4S. The molecule has 134 valence electrons. The van der Waals surface area contributed by atoms with Gasteiger partial charge in [-0.05, 0) is 40.6 Å². The first kappa shape index (κ1) is 16.3. The topological polar surface area (TPSA) is 48.7 Å². The molecule has 1 aliphatic rings. The lowest BCUT2D eigenvalue weighted by molar-refractivity contribution is 0.171. The Hall–Kier alpha value is -2.92. The molecule has 3 aromatic carbocycles. The standard InChI is InChI=1S/C22H16O4S/c23-21-11-15(13-27-16-6-8-18-20(12-16)25-10-9-24-18)22-17-4-2-1-3-14(17)5-7-19(22)26-21/h1-8,11-12H,9-10,13H2. The molecule has 0 N–H and O–H groups in total. The van der Waals surface area contributed by atoms with Gasteiger partial charge in [0.25, 0.3) is 0 Å². The van der Waals surface area contributed by atoms with Gasteiger partial charge in [0.2, 0.25) is 0 Å². The Morgan fingerprint density at radius 2 is 1.74 bits per heavy atom. The Morgan fingerprint density at radius 1 is 0.889 bits per heavy atom. The minimum absolute atomic E-state index is 0.324. The van der Waals surface area contributed by atoms with Crippen LogP contribution in [-0.4, -0.2) is 13.2 Å². The summed E-state index contributed by atoms with van der Waals surface area (Å²) in [6.07, 6.45) is 0. The van der Waals surface area contributed by atoms with Crippen LogP contribution < -0.4 is 15.1 Å². The molecule has 0 fully saturated rings. The van der Waals surface area contributed by atoms with Crippen molar-refractivity contribution in [3.63, 3.8) is 0 Å². The minimum atomic E-state index is -0.324. The average molecular weight is 376 g/mol. The van der Waals surface area contributed by atoms with Crippen molar-refractivity contribution in [2.45, 2.75) is 10.6 Å². The SMILES string of the molecule is O=c1cc(CSc2ccc3c(c2)OCCO3)c2c(ccc3ccccc32)o1. The molecule has 0 saturated heterocycles. The summed E-state index contributed by atoms with van der Waals surface area (Å²) in [5.74, 6) is 2.21. The van der Waals surface area contributed by atoms with Gasteiger partial charge in [-0.1, -0.05) is 30.3 Å². The molecule has 0 unspecified atom stereocenters. The van der Waals surface area contributed by atoms with Crippen LogP contribution in [-0.2, 0) is 5.75 Å². The monoisotopic (exact) mass is 376 g/mol. The molecule has 0 radical (unpaired) electrons. The highest BCUT2D eigenvalue weighted by Gasteiger charge is 2.13. The maximum absolute atomic E-state index is 12.0. The maximum atomic E-state index is 12.0. The second-order valence-electron chi connectivity index (χ2n) is 6.34. The van der Waals surface area contributed by atoms with Crippen molar-refractivity contribution >= 4 is 33.5 Å². The Morgan fingerprint density at radius 3 is 2.67 bits per heavy atom. The van der Waals surface area contributed by atoms with Gasteiger partial charge in [-0.15, -0.1) is 11.8 Å². The summed E-state index contributed by atoms with van der Waals surface area (Å²) in [5.41, 5.74) is 1.27. The van der Waals surface area contributed by atoms with Crippen molar-refractivity contribution in [3.8, 4) is 11.5 Å². The van der Waals surface area contributed by atoms with E-state index >= 15 is 0 Å². The Kier molecular flexibility index (Phi) is 4.02. The lowest BCUT2D eigenvalue weighted by Crippen LogP contribution is -2.15. The quantitative estimate of drug-likeness (QED) is 0.286. The molecule has 0 saturated carbocycles. The number of hydrogen-bond donors (Lipinski definition) is 0. The van der Waals surface area contributed by atoms with Crippen molar-refractivity contribution < 1.29 is 13.9 Å². The predicted octanol–water partition coefficient (Wildman–Crippen LogP) is 5.01. The van der Waals surface area contributed by atoms with Gasteiger partial charge in [0, 0.05) is 22.1 Å². The summed E-state index contributed by atoms with van der Waals surface area (Å²) < 4.78 is 16.7. The Labute approximate surface area is 159 Å². The zero-order valence-corrected chi connectivity index (χ0v) is 15.3. The fraction of sp³-hybridized carbons (Fsp3) is 0.136. The van der Waals surface area contributed by atoms with E-state index in [1.54, 1.807) is 17.8 Å². The van der Waals surface area contributed by atoms with Gasteiger partial charge in [-0.3, -0.25) is 0 Å². The van der Waals surface area contributed by atoms with Gasteiger partial charge in [0.1, 0.15) is 18.8 Å². The molecular weight excluding hydrogens is 360 g/mol. The molecule has 1 aromatic heterocycles. The number of rotatable bonds is 3. The van der Waals surface area contributed by atoms with Gasteiger partial charge in [0.05, 0.1) is 0 Å². The van der Waals surface area contributed by atoms with E-state index in [1.165, 1.54) is 0 Å². The molecule has 5 heteroatoms. The van der Waals surface area contributed by atoms with Gasteiger partial charge in [-0.2, -0.15) is 0 Å². The molecule has 4 nitrogen and oxygen atoms in total. The molecule has 0 bridgehead atoms. The first-order valence-electron chi connectivity index (χ1n) is 8.75. The lowest BCUT2D eigenvalue weighted by atomic mass is 10.0. The fourth-order valence-corrected chi connectivity index (χ4v) is 4.31. The van der Waals surface area contributed by atoms with Crippen LogP contribution in [0.4, 0.5) is 0 Å². The first-order chi connectivity index (χ1) is 13.3. The third-order valence-corrected chi connectivity index (χ3v) is 5.67. The molecule has 0 spiro atoms. The van der Waals surface area contributed by atoms with Gasteiger partial charge in [0.15, 0.2) is 11.5 Å².